The topological polar surface area (TPSA) is 84.4 Å². The molecule has 3 heterocycles. The molecule has 1 atom stereocenters. The molecule has 0 unspecified atom stereocenters. The van der Waals surface area contributed by atoms with Gasteiger partial charge in [0.2, 0.25) is 0 Å². The average Bonchev–Trinajstić information content (AvgIpc) is 3.32. The van der Waals surface area contributed by atoms with E-state index in [1.165, 1.54) is 0 Å². The fourth-order valence-corrected chi connectivity index (χ4v) is 3.59. The lowest BCUT2D eigenvalue weighted by atomic mass is 10.1. The first-order valence-electron chi connectivity index (χ1n) is 8.46. The number of para-hydroxylation sites is 1. The summed E-state index contributed by atoms with van der Waals surface area (Å²) in [6.07, 6.45) is 3.61. The summed E-state index contributed by atoms with van der Waals surface area (Å²) in [6, 6.07) is 7.69. The Balaban J connectivity index is 1.60. The molecular formula is C18H20N4O3. The van der Waals surface area contributed by atoms with Gasteiger partial charge in [0.05, 0.1) is 31.0 Å². The van der Waals surface area contributed by atoms with Gasteiger partial charge in [-0.05, 0) is 25.8 Å². The first-order chi connectivity index (χ1) is 12.2. The molecule has 3 aromatic rings. The van der Waals surface area contributed by atoms with Crippen LogP contribution >= 0.6 is 0 Å². The van der Waals surface area contributed by atoms with Gasteiger partial charge in [-0.1, -0.05) is 23.4 Å². The fraction of sp³-hybridized carbons (Fsp3) is 0.389. The SMILES string of the molecule is Cc1oc2ccccc2c1C(=O)N1CCC[C@H]1Cn1cc(CO)nn1. The fourth-order valence-electron chi connectivity index (χ4n) is 3.59. The zero-order chi connectivity index (χ0) is 17.4. The maximum absolute atomic E-state index is 13.2. The number of hydrogen-bond acceptors (Lipinski definition) is 5. The summed E-state index contributed by atoms with van der Waals surface area (Å²) in [5, 5.41) is 17.9. The van der Waals surface area contributed by atoms with Crippen molar-refractivity contribution < 1.29 is 14.3 Å². The van der Waals surface area contributed by atoms with Gasteiger partial charge in [-0.2, -0.15) is 0 Å². The maximum Gasteiger partial charge on any atom is 0.258 e. The molecule has 0 aliphatic carbocycles. The second-order valence-corrected chi connectivity index (χ2v) is 6.41. The molecule has 4 rings (SSSR count). The van der Waals surface area contributed by atoms with Crippen molar-refractivity contribution in [2.45, 2.75) is 39.0 Å². The molecule has 0 saturated carbocycles. The zero-order valence-corrected chi connectivity index (χ0v) is 14.1. The number of rotatable bonds is 4. The van der Waals surface area contributed by atoms with Gasteiger partial charge in [-0.15, -0.1) is 5.10 Å². The van der Waals surface area contributed by atoms with Crippen LogP contribution in [0, 0.1) is 6.92 Å². The number of likely N-dealkylation sites (tertiary alicyclic amines) is 1. The summed E-state index contributed by atoms with van der Waals surface area (Å²) in [5.74, 6) is 0.660. The number of aliphatic hydroxyl groups excluding tert-OH is 1. The monoisotopic (exact) mass is 340 g/mol. The average molecular weight is 340 g/mol. The van der Waals surface area contributed by atoms with E-state index in [2.05, 4.69) is 10.3 Å². The summed E-state index contributed by atoms with van der Waals surface area (Å²) in [5.41, 5.74) is 1.92. The Hall–Kier alpha value is -2.67. The number of carbonyl (C=O) groups excluding carboxylic acids is 1. The smallest absolute Gasteiger partial charge is 0.258 e. The number of fused-ring (bicyclic) bond motifs is 1. The van der Waals surface area contributed by atoms with Crippen LogP contribution in [0.5, 0.6) is 0 Å². The van der Waals surface area contributed by atoms with Crippen LogP contribution < -0.4 is 0 Å². The van der Waals surface area contributed by atoms with Crippen molar-refractivity contribution in [3.8, 4) is 0 Å². The van der Waals surface area contributed by atoms with Crippen LogP contribution in [0.4, 0.5) is 0 Å². The number of hydrogen-bond donors (Lipinski definition) is 1. The van der Waals surface area contributed by atoms with Crippen LogP contribution in [0.15, 0.2) is 34.9 Å². The number of aryl methyl sites for hydroxylation is 1. The van der Waals surface area contributed by atoms with Gasteiger partial charge >= 0.3 is 0 Å². The minimum absolute atomic E-state index is 0.00690. The largest absolute Gasteiger partial charge is 0.461 e. The van der Waals surface area contributed by atoms with Crippen LogP contribution in [0.1, 0.15) is 34.7 Å². The van der Waals surface area contributed by atoms with E-state index < -0.39 is 0 Å². The van der Waals surface area contributed by atoms with Crippen LogP contribution in [-0.2, 0) is 13.2 Å². The number of aliphatic hydroxyl groups is 1. The van der Waals surface area contributed by atoms with E-state index in [9.17, 15) is 4.79 Å². The van der Waals surface area contributed by atoms with E-state index >= 15 is 0 Å². The van der Waals surface area contributed by atoms with Gasteiger partial charge in [0.1, 0.15) is 17.0 Å². The molecule has 7 heteroatoms. The Morgan fingerprint density at radius 3 is 3.04 bits per heavy atom. The van der Waals surface area contributed by atoms with Crippen LogP contribution in [0.2, 0.25) is 0 Å². The van der Waals surface area contributed by atoms with Crippen molar-refractivity contribution in [3.63, 3.8) is 0 Å². The molecule has 1 amide bonds. The number of amides is 1. The molecule has 7 nitrogen and oxygen atoms in total. The second kappa shape index (κ2) is 6.33. The molecule has 1 saturated heterocycles. The first kappa shape index (κ1) is 15.8. The maximum atomic E-state index is 13.2. The Labute approximate surface area is 144 Å². The summed E-state index contributed by atoms with van der Waals surface area (Å²) in [4.78, 5) is 15.1. The van der Waals surface area contributed by atoms with Crippen molar-refractivity contribution in [1.29, 1.82) is 0 Å². The number of nitrogens with zero attached hydrogens (tertiary/aromatic N) is 4. The molecule has 1 aromatic carbocycles. The molecule has 1 aliphatic heterocycles. The number of aromatic nitrogens is 3. The van der Waals surface area contributed by atoms with Gasteiger partial charge in [0, 0.05) is 11.9 Å². The lowest BCUT2D eigenvalue weighted by Crippen LogP contribution is -2.38. The summed E-state index contributed by atoms with van der Waals surface area (Å²) in [7, 11) is 0. The van der Waals surface area contributed by atoms with Crippen molar-refractivity contribution in [2.24, 2.45) is 0 Å². The van der Waals surface area contributed by atoms with Gasteiger partial charge in [-0.25, -0.2) is 0 Å². The summed E-state index contributed by atoms with van der Waals surface area (Å²) < 4.78 is 7.44. The van der Waals surface area contributed by atoms with Crippen molar-refractivity contribution >= 4 is 16.9 Å². The third-order valence-corrected chi connectivity index (χ3v) is 4.77. The number of benzene rings is 1. The van der Waals surface area contributed by atoms with Crippen LogP contribution in [0.25, 0.3) is 11.0 Å². The Kier molecular flexibility index (Phi) is 4.01. The third-order valence-electron chi connectivity index (χ3n) is 4.77. The van der Waals surface area contributed by atoms with E-state index in [0.29, 0.717) is 23.6 Å². The highest BCUT2D eigenvalue weighted by Crippen LogP contribution is 2.29. The van der Waals surface area contributed by atoms with Gasteiger partial charge in [-0.3, -0.25) is 9.48 Å². The van der Waals surface area contributed by atoms with Gasteiger partial charge in [0.25, 0.3) is 5.91 Å². The van der Waals surface area contributed by atoms with Crippen LogP contribution in [-0.4, -0.2) is 43.5 Å². The van der Waals surface area contributed by atoms with Gasteiger partial charge < -0.3 is 14.4 Å². The lowest BCUT2D eigenvalue weighted by molar-refractivity contribution is 0.0721. The Morgan fingerprint density at radius 1 is 1.40 bits per heavy atom. The minimum atomic E-state index is -0.131. The van der Waals surface area contributed by atoms with E-state index in [1.54, 1.807) is 10.9 Å². The Morgan fingerprint density at radius 2 is 2.24 bits per heavy atom. The highest BCUT2D eigenvalue weighted by molar-refractivity contribution is 6.07. The predicted molar refractivity (Wildman–Crippen MR) is 91.0 cm³/mol. The van der Waals surface area contributed by atoms with Crippen molar-refractivity contribution in [1.82, 2.24) is 19.9 Å². The van der Waals surface area contributed by atoms with E-state index in [-0.39, 0.29) is 18.6 Å². The molecule has 1 fully saturated rings. The predicted octanol–water partition coefficient (Wildman–Crippen LogP) is 2.13. The summed E-state index contributed by atoms with van der Waals surface area (Å²) >= 11 is 0. The molecule has 0 bridgehead atoms. The van der Waals surface area contributed by atoms with E-state index in [0.717, 1.165) is 30.4 Å². The molecule has 130 valence electrons. The van der Waals surface area contributed by atoms with Gasteiger partial charge in [0.15, 0.2) is 0 Å². The minimum Gasteiger partial charge on any atom is -0.461 e. The zero-order valence-electron chi connectivity index (χ0n) is 14.1. The third kappa shape index (κ3) is 2.80. The van der Waals surface area contributed by atoms with E-state index in [4.69, 9.17) is 9.52 Å². The molecule has 25 heavy (non-hydrogen) atoms. The standard InChI is InChI=1S/C18H20N4O3/c1-12-17(15-6-2-3-7-16(15)25-12)18(24)22-8-4-5-14(22)10-21-9-13(11-23)19-20-21/h2-3,6-7,9,14,23H,4-5,8,10-11H2,1H3/t14-/m0/s1. The normalized spacial score (nSPS) is 17.5. The quantitative estimate of drug-likeness (QED) is 0.786. The number of carbonyl (C=O) groups is 1. The van der Waals surface area contributed by atoms with Crippen LogP contribution in [0.3, 0.4) is 0 Å². The molecule has 1 aliphatic rings. The van der Waals surface area contributed by atoms with E-state index in [1.807, 2.05) is 36.1 Å². The Bertz CT molecular complexity index is 914. The number of furan rings is 1. The molecule has 2 aromatic heterocycles. The van der Waals surface area contributed by atoms with Crippen molar-refractivity contribution in [3.05, 3.63) is 47.5 Å². The molecular weight excluding hydrogens is 320 g/mol. The first-order valence-corrected chi connectivity index (χ1v) is 8.46. The van der Waals surface area contributed by atoms with Crippen molar-refractivity contribution in [2.75, 3.05) is 6.54 Å². The second-order valence-electron chi connectivity index (χ2n) is 6.41. The summed E-state index contributed by atoms with van der Waals surface area (Å²) in [6.45, 7) is 3.01. The highest BCUT2D eigenvalue weighted by Gasteiger charge is 2.32. The molecule has 1 N–H and O–H groups in total. The molecule has 0 spiro atoms. The highest BCUT2D eigenvalue weighted by atomic mass is 16.3. The lowest BCUT2D eigenvalue weighted by Gasteiger charge is -2.24. The molecule has 0 radical (unpaired) electrons.